The summed E-state index contributed by atoms with van der Waals surface area (Å²) in [5.41, 5.74) is 0.641. The lowest BCUT2D eigenvalue weighted by atomic mass is 9.85. The van der Waals surface area contributed by atoms with Gasteiger partial charge in [0.15, 0.2) is 0 Å². The monoisotopic (exact) mass is 327 g/mol. The van der Waals surface area contributed by atoms with E-state index in [2.05, 4.69) is 5.32 Å². The highest BCUT2D eigenvalue weighted by molar-refractivity contribution is 5.90. The molecule has 24 heavy (non-hydrogen) atoms. The molecule has 3 nitrogen and oxygen atoms in total. The molecule has 2 aromatic carbocycles. The summed E-state index contributed by atoms with van der Waals surface area (Å²) in [6, 6.07) is 15.7. The lowest BCUT2D eigenvalue weighted by molar-refractivity contribution is -0.117. The van der Waals surface area contributed by atoms with Crippen molar-refractivity contribution in [3.63, 3.8) is 0 Å². The molecule has 1 fully saturated rings. The number of hydrogen-bond acceptors (Lipinski definition) is 2. The minimum atomic E-state index is -0.301. The van der Waals surface area contributed by atoms with E-state index in [1.807, 2.05) is 30.3 Å². The molecule has 0 bridgehead atoms. The Morgan fingerprint density at radius 1 is 1.00 bits per heavy atom. The summed E-state index contributed by atoms with van der Waals surface area (Å²) in [6.45, 7) is 0. The van der Waals surface area contributed by atoms with Crippen LogP contribution in [0.4, 0.5) is 10.1 Å². The Labute approximate surface area is 141 Å². The van der Waals surface area contributed by atoms with Crippen LogP contribution < -0.4 is 10.1 Å². The Morgan fingerprint density at radius 2 is 1.67 bits per heavy atom. The van der Waals surface area contributed by atoms with Crippen LogP contribution in [0.15, 0.2) is 54.6 Å². The topological polar surface area (TPSA) is 38.3 Å². The maximum absolute atomic E-state index is 12.9. The van der Waals surface area contributed by atoms with E-state index in [0.29, 0.717) is 18.0 Å². The highest BCUT2D eigenvalue weighted by Gasteiger charge is 2.24. The third-order valence-corrected chi connectivity index (χ3v) is 4.44. The Hall–Kier alpha value is -2.36. The van der Waals surface area contributed by atoms with E-state index >= 15 is 0 Å². The summed E-state index contributed by atoms with van der Waals surface area (Å²) in [5, 5.41) is 2.83. The van der Waals surface area contributed by atoms with Crippen molar-refractivity contribution in [2.24, 2.45) is 5.92 Å². The predicted octanol–water partition coefficient (Wildman–Crippen LogP) is 4.79. The number of carbonyl (C=O) groups is 1. The Balaban J connectivity index is 1.41. The van der Waals surface area contributed by atoms with Gasteiger partial charge in [0.2, 0.25) is 5.91 Å². The molecule has 0 radical (unpaired) electrons. The second kappa shape index (κ2) is 7.95. The van der Waals surface area contributed by atoms with Crippen LogP contribution in [0.3, 0.4) is 0 Å². The molecule has 1 aliphatic rings. The molecule has 4 heteroatoms. The first-order valence-electron chi connectivity index (χ1n) is 8.46. The average molecular weight is 327 g/mol. The number of halogens is 1. The van der Waals surface area contributed by atoms with Gasteiger partial charge < -0.3 is 10.1 Å². The summed E-state index contributed by atoms with van der Waals surface area (Å²) < 4.78 is 18.8. The molecule has 0 heterocycles. The summed E-state index contributed by atoms with van der Waals surface area (Å²) in [4.78, 5) is 12.1. The highest BCUT2D eigenvalue weighted by Crippen LogP contribution is 2.29. The highest BCUT2D eigenvalue weighted by atomic mass is 19.1. The quantitative estimate of drug-likeness (QED) is 0.857. The number of para-hydroxylation sites is 1. The Bertz CT molecular complexity index is 649. The van der Waals surface area contributed by atoms with Gasteiger partial charge in [0.1, 0.15) is 11.6 Å². The van der Waals surface area contributed by atoms with Gasteiger partial charge in [0.05, 0.1) is 6.10 Å². The largest absolute Gasteiger partial charge is 0.490 e. The number of benzene rings is 2. The molecule has 0 unspecified atom stereocenters. The Kier molecular flexibility index (Phi) is 5.47. The van der Waals surface area contributed by atoms with Crippen molar-refractivity contribution in [2.45, 2.75) is 38.2 Å². The SMILES string of the molecule is O=C(C[C@H]1CC[C@@H](Oc2ccccc2)CC1)Nc1ccc(F)cc1. The van der Waals surface area contributed by atoms with Crippen LogP contribution in [0, 0.1) is 11.7 Å². The van der Waals surface area contributed by atoms with Gasteiger partial charge in [0, 0.05) is 12.1 Å². The fourth-order valence-corrected chi connectivity index (χ4v) is 3.15. The Morgan fingerprint density at radius 3 is 2.33 bits per heavy atom. The third kappa shape index (κ3) is 4.82. The zero-order valence-electron chi connectivity index (χ0n) is 13.6. The molecule has 0 aliphatic heterocycles. The van der Waals surface area contributed by atoms with Crippen LogP contribution >= 0.6 is 0 Å². The summed E-state index contributed by atoms with van der Waals surface area (Å²) in [5.74, 6) is 0.995. The van der Waals surface area contributed by atoms with Crippen molar-refractivity contribution in [3.8, 4) is 5.75 Å². The van der Waals surface area contributed by atoms with Gasteiger partial charge in [0.25, 0.3) is 0 Å². The molecule has 0 saturated heterocycles. The van der Waals surface area contributed by atoms with Gasteiger partial charge in [-0.15, -0.1) is 0 Å². The minimum absolute atomic E-state index is 0.00552. The first-order chi connectivity index (χ1) is 11.7. The molecule has 1 saturated carbocycles. The van der Waals surface area contributed by atoms with Crippen molar-refractivity contribution in [3.05, 3.63) is 60.4 Å². The van der Waals surface area contributed by atoms with Crippen molar-refractivity contribution in [2.75, 3.05) is 5.32 Å². The fourth-order valence-electron chi connectivity index (χ4n) is 3.15. The van der Waals surface area contributed by atoms with E-state index in [1.165, 1.54) is 12.1 Å². The zero-order chi connectivity index (χ0) is 16.8. The van der Waals surface area contributed by atoms with E-state index in [0.717, 1.165) is 31.4 Å². The second-order valence-corrected chi connectivity index (χ2v) is 6.33. The van der Waals surface area contributed by atoms with Crippen molar-refractivity contribution >= 4 is 11.6 Å². The van der Waals surface area contributed by atoms with Crippen molar-refractivity contribution < 1.29 is 13.9 Å². The molecule has 1 amide bonds. The van der Waals surface area contributed by atoms with Crippen LogP contribution in [0.2, 0.25) is 0 Å². The van der Waals surface area contributed by atoms with Crippen molar-refractivity contribution in [1.82, 2.24) is 0 Å². The summed E-state index contributed by atoms with van der Waals surface area (Å²) in [6.07, 6.45) is 4.69. The number of carbonyl (C=O) groups excluding carboxylic acids is 1. The molecule has 126 valence electrons. The van der Waals surface area contributed by atoms with Crippen LogP contribution in [-0.2, 0) is 4.79 Å². The van der Waals surface area contributed by atoms with Crippen molar-refractivity contribution in [1.29, 1.82) is 0 Å². The first-order valence-corrected chi connectivity index (χ1v) is 8.46. The molecule has 0 atom stereocenters. The molecule has 1 N–H and O–H groups in total. The van der Waals surface area contributed by atoms with Crippen LogP contribution in [-0.4, -0.2) is 12.0 Å². The number of nitrogens with one attached hydrogen (secondary N) is 1. The molecule has 2 aromatic rings. The van der Waals surface area contributed by atoms with Gasteiger partial charge in [-0.3, -0.25) is 4.79 Å². The zero-order valence-corrected chi connectivity index (χ0v) is 13.6. The molecule has 1 aliphatic carbocycles. The van der Waals surface area contributed by atoms with Gasteiger partial charge in [-0.25, -0.2) is 4.39 Å². The van der Waals surface area contributed by atoms with E-state index in [4.69, 9.17) is 4.74 Å². The normalized spacial score (nSPS) is 20.4. The van der Waals surface area contributed by atoms with E-state index in [-0.39, 0.29) is 17.8 Å². The van der Waals surface area contributed by atoms with E-state index < -0.39 is 0 Å². The number of hydrogen-bond donors (Lipinski definition) is 1. The molecule has 3 rings (SSSR count). The fraction of sp³-hybridized carbons (Fsp3) is 0.350. The smallest absolute Gasteiger partial charge is 0.224 e. The molecule has 0 aromatic heterocycles. The van der Waals surface area contributed by atoms with Crippen LogP contribution in [0.5, 0.6) is 5.75 Å². The van der Waals surface area contributed by atoms with Gasteiger partial charge in [-0.1, -0.05) is 18.2 Å². The lowest BCUT2D eigenvalue weighted by Gasteiger charge is -2.28. The standard InChI is InChI=1S/C20H22FNO2/c21-16-8-10-17(11-9-16)22-20(23)14-15-6-12-19(13-7-15)24-18-4-2-1-3-5-18/h1-5,8-11,15,19H,6-7,12-14H2,(H,22,23)/t15-,19+. The first kappa shape index (κ1) is 16.5. The number of rotatable bonds is 5. The number of ether oxygens (including phenoxy) is 1. The second-order valence-electron chi connectivity index (χ2n) is 6.33. The number of anilines is 1. The maximum atomic E-state index is 12.9. The van der Waals surface area contributed by atoms with Crippen LogP contribution in [0.1, 0.15) is 32.1 Å². The number of amides is 1. The lowest BCUT2D eigenvalue weighted by Crippen LogP contribution is -2.26. The van der Waals surface area contributed by atoms with Gasteiger partial charge in [-0.2, -0.15) is 0 Å². The molecular weight excluding hydrogens is 305 g/mol. The molecule has 0 spiro atoms. The van der Waals surface area contributed by atoms with Crippen LogP contribution in [0.25, 0.3) is 0 Å². The minimum Gasteiger partial charge on any atom is -0.490 e. The van der Waals surface area contributed by atoms with Gasteiger partial charge >= 0.3 is 0 Å². The van der Waals surface area contributed by atoms with E-state index in [1.54, 1.807) is 12.1 Å². The predicted molar refractivity (Wildman–Crippen MR) is 92.5 cm³/mol. The summed E-state index contributed by atoms with van der Waals surface area (Å²) in [7, 11) is 0. The van der Waals surface area contributed by atoms with E-state index in [9.17, 15) is 9.18 Å². The summed E-state index contributed by atoms with van der Waals surface area (Å²) >= 11 is 0. The maximum Gasteiger partial charge on any atom is 0.224 e. The average Bonchev–Trinajstić information content (AvgIpc) is 2.60. The molecular formula is C20H22FNO2. The van der Waals surface area contributed by atoms with Gasteiger partial charge in [-0.05, 0) is 68.0 Å². The third-order valence-electron chi connectivity index (χ3n) is 4.44.